The van der Waals surface area contributed by atoms with Crippen LogP contribution in [0.15, 0.2) is 48.5 Å². The molecule has 18 nitrogen and oxygen atoms in total. The highest BCUT2D eigenvalue weighted by Crippen LogP contribution is 2.44. The quantitative estimate of drug-likeness (QED) is 0.0872. The number of hydrogen-bond donors (Lipinski definition) is 2. The summed E-state index contributed by atoms with van der Waals surface area (Å²) in [5.41, 5.74) is 4.75. The molecule has 0 spiro atoms. The Morgan fingerprint density at radius 2 is 0.809 bits per heavy atom. The van der Waals surface area contributed by atoms with Crippen LogP contribution < -0.4 is 10.6 Å². The number of amides is 2. The number of carbonyl (C=O) groups is 3. The summed E-state index contributed by atoms with van der Waals surface area (Å²) in [6.45, 7) is 15.7. The van der Waals surface area contributed by atoms with Crippen LogP contribution in [0.1, 0.15) is 56.6 Å². The third-order valence-electron chi connectivity index (χ3n) is 10.5. The van der Waals surface area contributed by atoms with Crippen molar-refractivity contribution in [3.05, 3.63) is 59.7 Å². The number of benzene rings is 2. The maximum atomic E-state index is 12.3. The second-order valence-electron chi connectivity index (χ2n) is 15.7. The van der Waals surface area contributed by atoms with Crippen molar-refractivity contribution < 1.29 is 76.0 Å². The third-order valence-corrected chi connectivity index (χ3v) is 10.5. The molecular formula is C50H80N2O16. The minimum Gasteiger partial charge on any atom is -0.449 e. The van der Waals surface area contributed by atoms with Crippen LogP contribution in [0.5, 0.6) is 0 Å². The molecule has 0 unspecified atom stereocenters. The van der Waals surface area contributed by atoms with Gasteiger partial charge in [-0.15, -0.1) is 0 Å². The number of carbonyl (C=O) groups excluding carboxylic acids is 3. The monoisotopic (exact) mass is 965 g/mol. The first-order valence-electron chi connectivity index (χ1n) is 24.3. The molecule has 386 valence electrons. The normalized spacial score (nSPS) is 12.5. The van der Waals surface area contributed by atoms with Crippen LogP contribution in [0, 0.1) is 5.92 Å². The van der Waals surface area contributed by atoms with E-state index in [9.17, 15) is 14.4 Å². The molecule has 1 aliphatic carbocycles. The molecule has 0 saturated carbocycles. The van der Waals surface area contributed by atoms with Crippen molar-refractivity contribution >= 4 is 17.8 Å². The third kappa shape index (κ3) is 29.4. The summed E-state index contributed by atoms with van der Waals surface area (Å²) >= 11 is 0. The lowest BCUT2D eigenvalue weighted by Gasteiger charge is -2.14. The van der Waals surface area contributed by atoms with Crippen LogP contribution in [0.2, 0.25) is 0 Å². The van der Waals surface area contributed by atoms with Gasteiger partial charge in [-0.1, -0.05) is 61.9 Å². The van der Waals surface area contributed by atoms with Crippen molar-refractivity contribution in [2.45, 2.75) is 45.4 Å². The summed E-state index contributed by atoms with van der Waals surface area (Å²) < 4.78 is 71.6. The molecule has 0 saturated heterocycles. The topological polar surface area (TPSA) is 195 Å². The van der Waals surface area contributed by atoms with Crippen LogP contribution in [0.3, 0.4) is 0 Å². The van der Waals surface area contributed by atoms with Crippen molar-refractivity contribution in [2.24, 2.45) is 5.92 Å². The summed E-state index contributed by atoms with van der Waals surface area (Å²) in [5.74, 6) is 0.296. The Bertz CT molecular complexity index is 1530. The molecule has 0 aliphatic heterocycles. The van der Waals surface area contributed by atoms with Crippen LogP contribution in [-0.2, 0) is 71.2 Å². The highest BCUT2D eigenvalue weighted by atomic mass is 16.6. The number of rotatable bonds is 47. The van der Waals surface area contributed by atoms with Gasteiger partial charge in [0.25, 0.3) is 0 Å². The van der Waals surface area contributed by atoms with Gasteiger partial charge in [0, 0.05) is 31.3 Å². The number of nitrogens with one attached hydrogen (secondary N) is 2. The fourth-order valence-electron chi connectivity index (χ4n) is 6.66. The number of unbranched alkanes of at least 4 members (excludes halogenated alkanes) is 1. The van der Waals surface area contributed by atoms with Crippen molar-refractivity contribution in [3.63, 3.8) is 0 Å². The molecule has 0 fully saturated rings. The molecule has 68 heavy (non-hydrogen) atoms. The van der Waals surface area contributed by atoms with Crippen LogP contribution >= 0.6 is 0 Å². The van der Waals surface area contributed by atoms with Gasteiger partial charge in [0.1, 0.15) is 12.4 Å². The zero-order valence-corrected chi connectivity index (χ0v) is 40.7. The predicted molar refractivity (Wildman–Crippen MR) is 254 cm³/mol. The molecule has 3 rings (SSSR count). The van der Waals surface area contributed by atoms with E-state index in [1.54, 1.807) is 6.92 Å². The molecule has 0 heterocycles. The fourth-order valence-corrected chi connectivity index (χ4v) is 6.66. The molecular weight excluding hydrogens is 885 g/mol. The van der Waals surface area contributed by atoms with Gasteiger partial charge >= 0.3 is 6.09 Å². The number of fused-ring (bicyclic) bond motifs is 3. The second-order valence-corrected chi connectivity index (χ2v) is 15.7. The highest BCUT2D eigenvalue weighted by molar-refractivity contribution is 5.79. The van der Waals surface area contributed by atoms with Crippen LogP contribution in [0.4, 0.5) is 4.79 Å². The Balaban J connectivity index is 0.906. The molecule has 2 aromatic carbocycles. The maximum Gasteiger partial charge on any atom is 0.407 e. The number of ether oxygens (including phenoxy) is 13. The van der Waals surface area contributed by atoms with Crippen molar-refractivity contribution in [1.29, 1.82) is 0 Å². The average molecular weight is 965 g/mol. The van der Waals surface area contributed by atoms with E-state index in [1.807, 2.05) is 31.2 Å². The van der Waals surface area contributed by atoms with E-state index in [2.05, 4.69) is 34.9 Å². The minimum atomic E-state index is -0.458. The first kappa shape index (κ1) is 58.7. The lowest BCUT2D eigenvalue weighted by molar-refractivity contribution is -0.122. The zero-order valence-electron chi connectivity index (χ0n) is 40.7. The molecule has 0 bridgehead atoms. The van der Waals surface area contributed by atoms with E-state index in [1.165, 1.54) is 22.3 Å². The van der Waals surface area contributed by atoms with E-state index in [0.717, 1.165) is 19.3 Å². The maximum absolute atomic E-state index is 12.3. The number of alkyl carbamates (subject to hydrolysis) is 1. The highest BCUT2D eigenvalue weighted by Gasteiger charge is 2.29. The van der Waals surface area contributed by atoms with Gasteiger partial charge < -0.3 is 72.2 Å². The van der Waals surface area contributed by atoms with E-state index >= 15 is 0 Å². The summed E-state index contributed by atoms with van der Waals surface area (Å²) in [5, 5.41) is 5.62. The Morgan fingerprint density at radius 3 is 1.19 bits per heavy atom. The van der Waals surface area contributed by atoms with E-state index in [-0.39, 0.29) is 30.1 Å². The summed E-state index contributed by atoms with van der Waals surface area (Å²) in [6, 6.07) is 16.5. The standard InChI is InChI=1S/C50H80N2O16/c1-42(43(2)53)9-7-8-15-51-49(54)14-17-56-19-21-58-23-25-60-27-29-62-31-33-64-35-37-66-39-40-67-38-36-65-34-32-63-30-28-61-26-24-59-22-20-57-18-16-52-50(55)68-41-48-46-12-5-3-10-44(46)45-11-4-6-13-47(45)48/h3-6,10-13,42,48H,7-9,14-41H2,1-2H3,(H,51,54)(H,52,55)/t42-/m0/s1. The summed E-state index contributed by atoms with van der Waals surface area (Å²) in [4.78, 5) is 35.4. The molecule has 1 aliphatic rings. The molecule has 18 heteroatoms. The Kier molecular flexibility index (Phi) is 35.5. The van der Waals surface area contributed by atoms with Gasteiger partial charge in [0.2, 0.25) is 5.91 Å². The first-order valence-corrected chi connectivity index (χ1v) is 24.3. The molecule has 0 radical (unpaired) electrons. The molecule has 2 N–H and O–H groups in total. The van der Waals surface area contributed by atoms with Gasteiger partial charge in [0.15, 0.2) is 0 Å². The largest absolute Gasteiger partial charge is 0.449 e. The van der Waals surface area contributed by atoms with Gasteiger partial charge in [-0.2, -0.15) is 0 Å². The fraction of sp³-hybridized carbons (Fsp3) is 0.700. The summed E-state index contributed by atoms with van der Waals surface area (Å²) in [7, 11) is 0. The van der Waals surface area contributed by atoms with E-state index in [4.69, 9.17) is 61.6 Å². The lowest BCUT2D eigenvalue weighted by Crippen LogP contribution is -2.29. The lowest BCUT2D eigenvalue weighted by atomic mass is 9.98. The Morgan fingerprint density at radius 1 is 0.456 bits per heavy atom. The van der Waals surface area contributed by atoms with Gasteiger partial charge in [-0.05, 0) is 42.0 Å². The average Bonchev–Trinajstić information content (AvgIpc) is 3.67. The van der Waals surface area contributed by atoms with Crippen LogP contribution in [-0.4, -0.2) is 196 Å². The SMILES string of the molecule is CC(=O)[C@@H](C)CCCCNC(=O)CCOCCOCCOCCOCCOCCOCCOCCOCCOCCOCCOCCOCCNC(=O)OCC1c2ccccc2-c2ccccc21. The van der Waals surface area contributed by atoms with Gasteiger partial charge in [0.05, 0.1) is 159 Å². The number of hydrogen-bond acceptors (Lipinski definition) is 16. The minimum absolute atomic E-state index is 0.0297. The number of ketones is 1. The van der Waals surface area contributed by atoms with Crippen molar-refractivity contribution in [2.75, 3.05) is 178 Å². The Hall–Kier alpha value is -3.63. The first-order chi connectivity index (χ1) is 33.5. The van der Waals surface area contributed by atoms with E-state index in [0.29, 0.717) is 178 Å². The number of Topliss-reactive ketones (excluding diaryl/α,β-unsaturated/α-hetero) is 1. The predicted octanol–water partition coefficient (Wildman–Crippen LogP) is 4.63. The molecule has 2 aromatic rings. The second kappa shape index (κ2) is 41.2. The Labute approximate surface area is 403 Å². The summed E-state index contributed by atoms with van der Waals surface area (Å²) in [6.07, 6.45) is 2.51. The van der Waals surface area contributed by atoms with Crippen molar-refractivity contribution in [3.8, 4) is 11.1 Å². The van der Waals surface area contributed by atoms with Crippen LogP contribution in [0.25, 0.3) is 11.1 Å². The molecule has 0 aromatic heterocycles. The zero-order chi connectivity index (χ0) is 48.4. The van der Waals surface area contributed by atoms with E-state index < -0.39 is 6.09 Å². The van der Waals surface area contributed by atoms with Gasteiger partial charge in [-0.3, -0.25) is 9.59 Å². The van der Waals surface area contributed by atoms with Crippen molar-refractivity contribution in [1.82, 2.24) is 10.6 Å². The molecule has 1 atom stereocenters. The molecule has 2 amide bonds. The van der Waals surface area contributed by atoms with Gasteiger partial charge in [-0.25, -0.2) is 4.79 Å². The smallest absolute Gasteiger partial charge is 0.407 e.